The fourth-order valence-corrected chi connectivity index (χ4v) is 2.11. The summed E-state index contributed by atoms with van der Waals surface area (Å²) in [5, 5.41) is 3.43. The zero-order valence-electron chi connectivity index (χ0n) is 10.5. The van der Waals surface area contributed by atoms with Gasteiger partial charge in [0.05, 0.1) is 11.7 Å². The molecule has 5 heteroatoms. The van der Waals surface area contributed by atoms with E-state index >= 15 is 0 Å². The molecule has 1 rings (SSSR count). The van der Waals surface area contributed by atoms with Crippen LogP contribution >= 0.6 is 34.2 Å². The van der Waals surface area contributed by atoms with E-state index < -0.39 is 0 Å². The van der Waals surface area contributed by atoms with Gasteiger partial charge in [-0.3, -0.25) is 4.79 Å². The summed E-state index contributed by atoms with van der Waals surface area (Å²) in [6.07, 6.45) is 1.04. The van der Waals surface area contributed by atoms with Crippen molar-refractivity contribution in [3.63, 3.8) is 0 Å². The van der Waals surface area contributed by atoms with Crippen molar-refractivity contribution in [1.82, 2.24) is 5.32 Å². The van der Waals surface area contributed by atoms with E-state index in [1.165, 1.54) is 0 Å². The number of benzene rings is 1. The highest BCUT2D eigenvalue weighted by molar-refractivity contribution is 14.1. The Kier molecular flexibility index (Phi) is 6.96. The second-order valence-corrected chi connectivity index (χ2v) is 5.75. The minimum atomic E-state index is -0.0913. The quantitative estimate of drug-likeness (QED) is 0.605. The predicted molar refractivity (Wildman–Crippen MR) is 82.2 cm³/mol. The van der Waals surface area contributed by atoms with Gasteiger partial charge in [0.1, 0.15) is 0 Å². The average molecular weight is 382 g/mol. The molecule has 0 saturated carbocycles. The number of hydrogen-bond acceptors (Lipinski definition) is 2. The first-order chi connectivity index (χ1) is 8.50. The molecule has 18 heavy (non-hydrogen) atoms. The number of carbonyl (C=O) groups excluding carboxylic acids is 1. The van der Waals surface area contributed by atoms with E-state index in [4.69, 9.17) is 16.3 Å². The van der Waals surface area contributed by atoms with Gasteiger partial charge in [-0.1, -0.05) is 11.6 Å². The number of hydrogen-bond donors (Lipinski definition) is 1. The second kappa shape index (κ2) is 7.96. The van der Waals surface area contributed by atoms with E-state index in [0.29, 0.717) is 23.7 Å². The standard InChI is InChI=1S/C13H17ClINO2/c1-9(2)18-7-3-6-16-13(17)11-8-10(14)4-5-12(11)15/h4-5,8-9H,3,6-7H2,1-2H3,(H,16,17). The van der Waals surface area contributed by atoms with Crippen LogP contribution in [0.4, 0.5) is 0 Å². The fourth-order valence-electron chi connectivity index (χ4n) is 1.36. The Hall–Kier alpha value is -0.330. The number of nitrogens with one attached hydrogen (secondary N) is 1. The predicted octanol–water partition coefficient (Wildman–Crippen LogP) is 3.49. The van der Waals surface area contributed by atoms with Crippen molar-refractivity contribution >= 4 is 40.1 Å². The average Bonchev–Trinajstić information content (AvgIpc) is 2.31. The molecule has 0 unspecified atom stereocenters. The van der Waals surface area contributed by atoms with Crippen molar-refractivity contribution in [2.45, 2.75) is 26.4 Å². The van der Waals surface area contributed by atoms with Gasteiger partial charge in [-0.2, -0.15) is 0 Å². The molecule has 1 aromatic carbocycles. The summed E-state index contributed by atoms with van der Waals surface area (Å²) in [7, 11) is 0. The molecule has 0 aliphatic heterocycles. The maximum Gasteiger partial charge on any atom is 0.252 e. The van der Waals surface area contributed by atoms with E-state index in [9.17, 15) is 4.79 Å². The lowest BCUT2D eigenvalue weighted by Crippen LogP contribution is -2.26. The van der Waals surface area contributed by atoms with Gasteiger partial charge in [-0.05, 0) is 61.1 Å². The molecule has 0 aromatic heterocycles. The Morgan fingerprint density at radius 1 is 1.50 bits per heavy atom. The molecule has 0 aliphatic rings. The van der Waals surface area contributed by atoms with Crippen LogP contribution in [0, 0.1) is 3.57 Å². The molecule has 1 amide bonds. The van der Waals surface area contributed by atoms with Crippen LogP contribution in [0.15, 0.2) is 18.2 Å². The topological polar surface area (TPSA) is 38.3 Å². The van der Waals surface area contributed by atoms with Gasteiger partial charge in [0.15, 0.2) is 0 Å². The largest absolute Gasteiger partial charge is 0.379 e. The van der Waals surface area contributed by atoms with E-state index in [1.54, 1.807) is 12.1 Å². The van der Waals surface area contributed by atoms with Crippen molar-refractivity contribution in [2.75, 3.05) is 13.2 Å². The Morgan fingerprint density at radius 3 is 2.89 bits per heavy atom. The monoisotopic (exact) mass is 381 g/mol. The molecule has 0 spiro atoms. The van der Waals surface area contributed by atoms with Crippen molar-refractivity contribution in [3.8, 4) is 0 Å². The normalized spacial score (nSPS) is 10.7. The smallest absolute Gasteiger partial charge is 0.252 e. The molecular weight excluding hydrogens is 365 g/mol. The minimum Gasteiger partial charge on any atom is -0.379 e. The summed E-state index contributed by atoms with van der Waals surface area (Å²) in [5.74, 6) is -0.0913. The van der Waals surface area contributed by atoms with E-state index in [1.807, 2.05) is 19.9 Å². The summed E-state index contributed by atoms with van der Waals surface area (Å²) in [5.41, 5.74) is 0.618. The molecule has 0 fully saturated rings. The second-order valence-electron chi connectivity index (χ2n) is 4.15. The Bertz CT molecular complexity index is 410. The third-order valence-electron chi connectivity index (χ3n) is 2.23. The van der Waals surface area contributed by atoms with Gasteiger partial charge >= 0.3 is 0 Å². The first kappa shape index (κ1) is 15.7. The molecule has 0 radical (unpaired) electrons. The SMILES string of the molecule is CC(C)OCCCNC(=O)c1cc(Cl)ccc1I. The highest BCUT2D eigenvalue weighted by Gasteiger charge is 2.09. The van der Waals surface area contributed by atoms with Crippen LogP contribution in [0.1, 0.15) is 30.6 Å². The first-order valence-corrected chi connectivity index (χ1v) is 7.31. The number of amides is 1. The summed E-state index contributed by atoms with van der Waals surface area (Å²) >= 11 is 8.00. The zero-order valence-corrected chi connectivity index (χ0v) is 13.4. The Labute approximate surface area is 126 Å². The van der Waals surface area contributed by atoms with E-state index in [0.717, 1.165) is 9.99 Å². The summed E-state index contributed by atoms with van der Waals surface area (Å²) < 4.78 is 6.29. The molecule has 0 heterocycles. The van der Waals surface area contributed by atoms with Crippen molar-refractivity contribution in [3.05, 3.63) is 32.4 Å². The number of ether oxygens (including phenoxy) is 1. The van der Waals surface area contributed by atoms with Gasteiger partial charge in [-0.15, -0.1) is 0 Å². The van der Waals surface area contributed by atoms with Gasteiger partial charge in [0, 0.05) is 21.7 Å². The third-order valence-corrected chi connectivity index (χ3v) is 3.41. The van der Waals surface area contributed by atoms with Crippen LogP contribution < -0.4 is 5.32 Å². The van der Waals surface area contributed by atoms with Crippen molar-refractivity contribution < 1.29 is 9.53 Å². The van der Waals surface area contributed by atoms with Crippen LogP contribution in [0.3, 0.4) is 0 Å². The van der Waals surface area contributed by atoms with Gasteiger partial charge in [0.2, 0.25) is 0 Å². The zero-order chi connectivity index (χ0) is 13.5. The molecule has 0 bridgehead atoms. The third kappa shape index (κ3) is 5.54. The number of carbonyl (C=O) groups is 1. The van der Waals surface area contributed by atoms with Crippen molar-refractivity contribution in [1.29, 1.82) is 0 Å². The highest BCUT2D eigenvalue weighted by Crippen LogP contribution is 2.17. The number of rotatable bonds is 6. The maximum absolute atomic E-state index is 11.9. The van der Waals surface area contributed by atoms with Gasteiger partial charge < -0.3 is 10.1 Å². The molecule has 0 aliphatic carbocycles. The molecular formula is C13H17ClINO2. The van der Waals surface area contributed by atoms with Gasteiger partial charge in [0.25, 0.3) is 5.91 Å². The van der Waals surface area contributed by atoms with Crippen LogP contribution in [0.5, 0.6) is 0 Å². The van der Waals surface area contributed by atoms with Crippen LogP contribution in [-0.4, -0.2) is 25.2 Å². The maximum atomic E-state index is 11.9. The lowest BCUT2D eigenvalue weighted by atomic mass is 10.2. The molecule has 1 aromatic rings. The molecule has 100 valence electrons. The van der Waals surface area contributed by atoms with E-state index in [-0.39, 0.29) is 12.0 Å². The lowest BCUT2D eigenvalue weighted by molar-refractivity contribution is 0.0757. The molecule has 1 N–H and O–H groups in total. The summed E-state index contributed by atoms with van der Waals surface area (Å²) in [6.45, 7) is 5.25. The highest BCUT2D eigenvalue weighted by atomic mass is 127. The van der Waals surface area contributed by atoms with Gasteiger partial charge in [-0.25, -0.2) is 0 Å². The van der Waals surface area contributed by atoms with Crippen molar-refractivity contribution in [2.24, 2.45) is 0 Å². The number of halogens is 2. The van der Waals surface area contributed by atoms with E-state index in [2.05, 4.69) is 27.9 Å². The summed E-state index contributed by atoms with van der Waals surface area (Å²) in [6, 6.07) is 5.29. The Morgan fingerprint density at radius 2 is 2.22 bits per heavy atom. The minimum absolute atomic E-state index is 0.0913. The lowest BCUT2D eigenvalue weighted by Gasteiger charge is -2.09. The molecule has 0 atom stereocenters. The van der Waals surface area contributed by atoms with Crippen LogP contribution in [0.2, 0.25) is 5.02 Å². The van der Waals surface area contributed by atoms with Crippen LogP contribution in [0.25, 0.3) is 0 Å². The summed E-state index contributed by atoms with van der Waals surface area (Å²) in [4.78, 5) is 11.9. The molecule has 0 saturated heterocycles. The van der Waals surface area contributed by atoms with Crippen LogP contribution in [-0.2, 0) is 4.74 Å². The Balaban J connectivity index is 2.39. The first-order valence-electron chi connectivity index (χ1n) is 5.85. The molecule has 3 nitrogen and oxygen atoms in total. The fraction of sp³-hybridized carbons (Fsp3) is 0.462.